The smallest absolute Gasteiger partial charge is 0.267 e. The van der Waals surface area contributed by atoms with E-state index >= 15 is 0 Å². The number of benzene rings is 2. The number of nitrogens with zero attached hydrogens (tertiary/aromatic N) is 2. The number of nitrogens with one attached hydrogen (secondary N) is 1. The standard InChI is InChI=1S/C24H20ClN3O4S2/c25-14-7-9-15(10-8-14)26-19(29)13-27-18-6-2-1-5-17(18)20(22(27)30)21-23(31)28(24(33)34-21)12-16-4-3-11-32-16/h1-2,5-10,16H,3-4,11-13H2,(H,26,29)/b21-20-/t16-/m1/s1. The number of hydrogen-bond acceptors (Lipinski definition) is 6. The highest BCUT2D eigenvalue weighted by molar-refractivity contribution is 8.26. The zero-order valence-electron chi connectivity index (χ0n) is 18.0. The summed E-state index contributed by atoms with van der Waals surface area (Å²) in [5.41, 5.74) is 2.05. The molecule has 0 aliphatic carbocycles. The van der Waals surface area contributed by atoms with Crippen LogP contribution in [0.2, 0.25) is 5.02 Å². The molecule has 0 unspecified atom stereocenters. The Morgan fingerprint density at radius 1 is 1.12 bits per heavy atom. The molecule has 2 aromatic rings. The average Bonchev–Trinajstić information content (AvgIpc) is 3.50. The minimum atomic E-state index is -0.398. The van der Waals surface area contributed by atoms with E-state index in [4.69, 9.17) is 28.6 Å². The highest BCUT2D eigenvalue weighted by atomic mass is 35.5. The minimum Gasteiger partial charge on any atom is -0.376 e. The maximum Gasteiger partial charge on any atom is 0.267 e. The zero-order valence-corrected chi connectivity index (χ0v) is 20.3. The number of para-hydroxylation sites is 1. The number of thiocarbonyl (C=S) groups is 1. The van der Waals surface area contributed by atoms with Crippen molar-refractivity contribution in [2.24, 2.45) is 0 Å². The van der Waals surface area contributed by atoms with Crippen LogP contribution >= 0.6 is 35.6 Å². The third-order valence-corrected chi connectivity index (χ3v) is 7.54. The first-order valence-corrected chi connectivity index (χ1v) is 12.4. The van der Waals surface area contributed by atoms with Gasteiger partial charge in [0.25, 0.3) is 11.8 Å². The number of carbonyl (C=O) groups is 3. The lowest BCUT2D eigenvalue weighted by Crippen LogP contribution is -2.36. The summed E-state index contributed by atoms with van der Waals surface area (Å²) in [5, 5.41) is 3.33. The summed E-state index contributed by atoms with van der Waals surface area (Å²) in [6.45, 7) is 0.863. The summed E-state index contributed by atoms with van der Waals surface area (Å²) >= 11 is 12.5. The van der Waals surface area contributed by atoms with E-state index in [1.807, 2.05) is 0 Å². The molecule has 3 heterocycles. The Morgan fingerprint density at radius 2 is 1.88 bits per heavy atom. The molecule has 5 rings (SSSR count). The summed E-state index contributed by atoms with van der Waals surface area (Å²) < 4.78 is 6.07. The van der Waals surface area contributed by atoms with E-state index in [9.17, 15) is 14.4 Å². The van der Waals surface area contributed by atoms with Gasteiger partial charge in [-0.15, -0.1) is 0 Å². The number of carbonyl (C=O) groups excluding carboxylic acids is 3. The lowest BCUT2D eigenvalue weighted by atomic mass is 10.1. The highest BCUT2D eigenvalue weighted by Gasteiger charge is 2.43. The van der Waals surface area contributed by atoms with Gasteiger partial charge in [-0.1, -0.05) is 53.8 Å². The van der Waals surface area contributed by atoms with Gasteiger partial charge < -0.3 is 10.1 Å². The topological polar surface area (TPSA) is 79.0 Å². The van der Waals surface area contributed by atoms with E-state index in [0.29, 0.717) is 44.3 Å². The molecule has 1 atom stereocenters. The molecule has 3 amide bonds. The SMILES string of the molecule is O=C(CN1C(=O)/C(=C2\SC(=S)N(C[C@H]3CCCO3)C2=O)c2ccccc21)Nc1ccc(Cl)cc1. The normalized spacial score (nSPS) is 22.0. The fourth-order valence-electron chi connectivity index (χ4n) is 4.23. The third-order valence-electron chi connectivity index (χ3n) is 5.84. The van der Waals surface area contributed by atoms with Crippen molar-refractivity contribution in [1.29, 1.82) is 0 Å². The Labute approximate surface area is 211 Å². The van der Waals surface area contributed by atoms with Crippen molar-refractivity contribution in [3.05, 3.63) is 64.0 Å². The Morgan fingerprint density at radius 3 is 2.62 bits per heavy atom. The molecule has 2 aromatic carbocycles. The first-order valence-electron chi connectivity index (χ1n) is 10.8. The highest BCUT2D eigenvalue weighted by Crippen LogP contribution is 2.44. The minimum absolute atomic E-state index is 0.0496. The number of anilines is 2. The molecule has 3 aliphatic rings. The number of ether oxygens (including phenoxy) is 1. The van der Waals surface area contributed by atoms with Gasteiger partial charge in [0, 0.05) is 22.9 Å². The molecule has 2 saturated heterocycles. The molecule has 0 aromatic heterocycles. The van der Waals surface area contributed by atoms with Crippen LogP contribution in [0.25, 0.3) is 5.57 Å². The number of halogens is 1. The second-order valence-electron chi connectivity index (χ2n) is 8.09. The number of fused-ring (bicyclic) bond motifs is 1. The molecule has 0 spiro atoms. The van der Waals surface area contributed by atoms with Crippen molar-refractivity contribution in [1.82, 2.24) is 4.90 Å². The summed E-state index contributed by atoms with van der Waals surface area (Å²) in [7, 11) is 0. The van der Waals surface area contributed by atoms with Crippen molar-refractivity contribution in [2.45, 2.75) is 18.9 Å². The Bertz CT molecular complexity index is 1220. The van der Waals surface area contributed by atoms with Gasteiger partial charge in [0.15, 0.2) is 0 Å². The van der Waals surface area contributed by atoms with E-state index in [2.05, 4.69) is 5.32 Å². The van der Waals surface area contributed by atoms with E-state index in [-0.39, 0.29) is 30.0 Å². The van der Waals surface area contributed by atoms with Crippen LogP contribution in [0.4, 0.5) is 11.4 Å². The maximum absolute atomic E-state index is 13.5. The molecular formula is C24H20ClN3O4S2. The van der Waals surface area contributed by atoms with Gasteiger partial charge >= 0.3 is 0 Å². The molecule has 0 radical (unpaired) electrons. The predicted octanol–water partition coefficient (Wildman–Crippen LogP) is 4.08. The van der Waals surface area contributed by atoms with E-state index in [0.717, 1.165) is 24.6 Å². The molecule has 2 fully saturated rings. The van der Waals surface area contributed by atoms with Crippen molar-refractivity contribution < 1.29 is 19.1 Å². The Kier molecular flexibility index (Phi) is 6.44. The van der Waals surface area contributed by atoms with Gasteiger partial charge in [0.05, 0.1) is 28.8 Å². The number of thioether (sulfide) groups is 1. The molecule has 3 aliphatic heterocycles. The van der Waals surface area contributed by atoms with Gasteiger partial charge in [-0.2, -0.15) is 0 Å². The molecule has 7 nitrogen and oxygen atoms in total. The summed E-state index contributed by atoms with van der Waals surface area (Å²) in [6.07, 6.45) is 1.78. The summed E-state index contributed by atoms with van der Waals surface area (Å²) in [6, 6.07) is 13.9. The molecule has 0 bridgehead atoms. The molecule has 0 saturated carbocycles. The quantitative estimate of drug-likeness (QED) is 0.479. The van der Waals surface area contributed by atoms with Crippen LogP contribution in [0.5, 0.6) is 0 Å². The number of hydrogen-bond donors (Lipinski definition) is 1. The molecule has 174 valence electrons. The summed E-state index contributed by atoms with van der Waals surface area (Å²) in [4.78, 5) is 42.7. The van der Waals surface area contributed by atoms with Crippen LogP contribution in [-0.2, 0) is 19.1 Å². The van der Waals surface area contributed by atoms with Gasteiger partial charge in [-0.3, -0.25) is 24.2 Å². The largest absolute Gasteiger partial charge is 0.376 e. The zero-order chi connectivity index (χ0) is 23.8. The van der Waals surface area contributed by atoms with Crippen LogP contribution in [0, 0.1) is 0 Å². The number of amides is 3. The second kappa shape index (κ2) is 9.50. The van der Waals surface area contributed by atoms with Crippen molar-refractivity contribution >= 4 is 74.6 Å². The lowest BCUT2D eigenvalue weighted by Gasteiger charge is -2.18. The maximum atomic E-state index is 13.5. The van der Waals surface area contributed by atoms with Gasteiger partial charge in [-0.05, 0) is 43.2 Å². The van der Waals surface area contributed by atoms with Crippen molar-refractivity contribution in [3.8, 4) is 0 Å². The van der Waals surface area contributed by atoms with E-state index in [1.165, 1.54) is 9.80 Å². The second-order valence-corrected chi connectivity index (χ2v) is 10.2. The fraction of sp³-hybridized carbons (Fsp3) is 0.250. The van der Waals surface area contributed by atoms with Gasteiger partial charge in [-0.25, -0.2) is 0 Å². The third kappa shape index (κ3) is 4.36. The monoisotopic (exact) mass is 513 g/mol. The molecule has 10 heteroatoms. The van der Waals surface area contributed by atoms with Gasteiger partial charge in [0.2, 0.25) is 5.91 Å². The molecule has 34 heavy (non-hydrogen) atoms. The van der Waals surface area contributed by atoms with E-state index < -0.39 is 5.91 Å². The van der Waals surface area contributed by atoms with Crippen LogP contribution in [0.15, 0.2) is 53.4 Å². The Balaban J connectivity index is 1.41. The first-order chi connectivity index (χ1) is 16.4. The molecule has 1 N–H and O–H groups in total. The van der Waals surface area contributed by atoms with Crippen molar-refractivity contribution in [2.75, 3.05) is 29.9 Å². The predicted molar refractivity (Wildman–Crippen MR) is 137 cm³/mol. The van der Waals surface area contributed by atoms with Crippen LogP contribution in [0.3, 0.4) is 0 Å². The van der Waals surface area contributed by atoms with Crippen LogP contribution in [-0.4, -0.2) is 52.7 Å². The van der Waals surface area contributed by atoms with Gasteiger partial charge in [0.1, 0.15) is 10.9 Å². The fourth-order valence-corrected chi connectivity index (χ4v) is 5.71. The lowest BCUT2D eigenvalue weighted by molar-refractivity contribution is -0.123. The molecular weight excluding hydrogens is 494 g/mol. The average molecular weight is 514 g/mol. The summed E-state index contributed by atoms with van der Waals surface area (Å²) in [5.74, 6) is -1.06. The van der Waals surface area contributed by atoms with Crippen molar-refractivity contribution in [3.63, 3.8) is 0 Å². The van der Waals surface area contributed by atoms with E-state index in [1.54, 1.807) is 48.5 Å². The number of rotatable bonds is 5. The van der Waals surface area contributed by atoms with Crippen LogP contribution in [0.1, 0.15) is 18.4 Å². The Hall–Kier alpha value is -2.72. The first kappa shape index (κ1) is 23.0. The van der Waals surface area contributed by atoms with Crippen LogP contribution < -0.4 is 10.2 Å².